The third-order valence-electron chi connectivity index (χ3n) is 3.28. The Bertz CT molecular complexity index is 479. The summed E-state index contributed by atoms with van der Waals surface area (Å²) in [5, 5.41) is 0. The van der Waals surface area contributed by atoms with E-state index in [1.54, 1.807) is 0 Å². The van der Waals surface area contributed by atoms with E-state index in [0.29, 0.717) is 6.54 Å². The van der Waals surface area contributed by atoms with Crippen LogP contribution in [-0.4, -0.2) is 18.1 Å². The fourth-order valence-electron chi connectivity index (χ4n) is 2.11. The number of nitrogens with zero attached hydrogens (tertiary/aromatic N) is 2. The summed E-state index contributed by atoms with van der Waals surface area (Å²) in [5.74, 6) is 0. The van der Waals surface area contributed by atoms with Crippen LogP contribution in [0.4, 0.5) is 5.69 Å². The maximum atomic E-state index is 5.62. The zero-order chi connectivity index (χ0) is 13.5. The molecule has 1 heterocycles. The molecule has 0 aliphatic rings. The molecule has 3 nitrogen and oxygen atoms in total. The highest BCUT2D eigenvalue weighted by molar-refractivity contribution is 5.47. The van der Waals surface area contributed by atoms with Gasteiger partial charge in [0.15, 0.2) is 0 Å². The van der Waals surface area contributed by atoms with Crippen LogP contribution in [0.1, 0.15) is 18.2 Å². The summed E-state index contributed by atoms with van der Waals surface area (Å²) < 4.78 is 0. The van der Waals surface area contributed by atoms with Gasteiger partial charge in [0.25, 0.3) is 0 Å². The van der Waals surface area contributed by atoms with Crippen molar-refractivity contribution < 1.29 is 0 Å². The first-order valence-corrected chi connectivity index (χ1v) is 6.77. The third-order valence-corrected chi connectivity index (χ3v) is 3.28. The van der Waals surface area contributed by atoms with Gasteiger partial charge in [0.1, 0.15) is 0 Å². The van der Waals surface area contributed by atoms with Crippen molar-refractivity contribution in [1.29, 1.82) is 0 Å². The van der Waals surface area contributed by atoms with Crippen molar-refractivity contribution in [1.82, 2.24) is 4.98 Å². The summed E-state index contributed by atoms with van der Waals surface area (Å²) in [6.07, 6.45) is 2.81. The van der Waals surface area contributed by atoms with Gasteiger partial charge in [-0.05, 0) is 36.8 Å². The average molecular weight is 255 g/mol. The molecule has 0 saturated heterocycles. The lowest BCUT2D eigenvalue weighted by Crippen LogP contribution is -2.25. The number of hydrogen-bond acceptors (Lipinski definition) is 3. The zero-order valence-electron chi connectivity index (χ0n) is 11.4. The van der Waals surface area contributed by atoms with E-state index in [-0.39, 0.29) is 0 Å². The molecule has 1 aromatic carbocycles. The number of anilines is 1. The number of hydrogen-bond donors (Lipinski definition) is 1. The smallest absolute Gasteiger partial charge is 0.0421 e. The minimum atomic E-state index is 0.598. The average Bonchev–Trinajstić information content (AvgIpc) is 2.49. The molecule has 19 heavy (non-hydrogen) atoms. The second-order valence-electron chi connectivity index (χ2n) is 4.52. The fourth-order valence-corrected chi connectivity index (χ4v) is 2.11. The summed E-state index contributed by atoms with van der Waals surface area (Å²) in [5.41, 5.74) is 9.18. The summed E-state index contributed by atoms with van der Waals surface area (Å²) in [6, 6.07) is 14.5. The largest absolute Gasteiger partial charge is 0.371 e. The predicted molar refractivity (Wildman–Crippen MR) is 80.2 cm³/mol. The van der Waals surface area contributed by atoms with E-state index in [0.717, 1.165) is 25.2 Å². The monoisotopic (exact) mass is 255 g/mol. The molecule has 2 rings (SSSR count). The Balaban J connectivity index is 1.99. The third kappa shape index (κ3) is 3.80. The molecule has 0 bridgehead atoms. The molecule has 0 radical (unpaired) electrons. The van der Waals surface area contributed by atoms with Crippen molar-refractivity contribution in [2.45, 2.75) is 19.9 Å². The van der Waals surface area contributed by atoms with E-state index in [4.69, 9.17) is 5.73 Å². The van der Waals surface area contributed by atoms with Crippen LogP contribution in [0.2, 0.25) is 0 Å². The summed E-state index contributed by atoms with van der Waals surface area (Å²) in [4.78, 5) is 6.72. The summed E-state index contributed by atoms with van der Waals surface area (Å²) in [7, 11) is 0. The second kappa shape index (κ2) is 6.90. The van der Waals surface area contributed by atoms with Gasteiger partial charge < -0.3 is 10.6 Å². The van der Waals surface area contributed by atoms with Crippen LogP contribution in [0.3, 0.4) is 0 Å². The van der Waals surface area contributed by atoms with Gasteiger partial charge in [0, 0.05) is 43.6 Å². The van der Waals surface area contributed by atoms with Crippen LogP contribution < -0.4 is 10.6 Å². The Hall–Kier alpha value is -1.87. The lowest BCUT2D eigenvalue weighted by atomic mass is 10.2. The summed E-state index contributed by atoms with van der Waals surface area (Å²) >= 11 is 0. The van der Waals surface area contributed by atoms with Crippen LogP contribution in [0.5, 0.6) is 0 Å². The van der Waals surface area contributed by atoms with E-state index < -0.39 is 0 Å². The highest BCUT2D eigenvalue weighted by atomic mass is 15.1. The Morgan fingerprint density at radius 1 is 1.11 bits per heavy atom. The molecule has 0 spiro atoms. The van der Waals surface area contributed by atoms with Gasteiger partial charge in [-0.1, -0.05) is 18.2 Å². The Morgan fingerprint density at radius 3 is 2.47 bits per heavy atom. The molecule has 1 aromatic heterocycles. The Morgan fingerprint density at radius 2 is 1.89 bits per heavy atom. The van der Waals surface area contributed by atoms with Crippen LogP contribution in [-0.2, 0) is 13.0 Å². The fraction of sp³-hybridized carbons (Fsp3) is 0.312. The van der Waals surface area contributed by atoms with Crippen LogP contribution in [0.15, 0.2) is 48.7 Å². The molecule has 0 fully saturated rings. The normalized spacial score (nSPS) is 10.4. The Labute approximate surface area is 115 Å². The van der Waals surface area contributed by atoms with Crippen molar-refractivity contribution in [3.8, 4) is 0 Å². The van der Waals surface area contributed by atoms with Crippen molar-refractivity contribution in [3.05, 3.63) is 59.9 Å². The van der Waals surface area contributed by atoms with Crippen LogP contribution in [0.25, 0.3) is 0 Å². The van der Waals surface area contributed by atoms with E-state index in [2.05, 4.69) is 47.1 Å². The van der Waals surface area contributed by atoms with E-state index in [9.17, 15) is 0 Å². The van der Waals surface area contributed by atoms with Gasteiger partial charge in [-0.15, -0.1) is 0 Å². The van der Waals surface area contributed by atoms with Gasteiger partial charge >= 0.3 is 0 Å². The van der Waals surface area contributed by atoms with E-state index in [1.165, 1.54) is 11.3 Å². The van der Waals surface area contributed by atoms with Gasteiger partial charge in [-0.25, -0.2) is 0 Å². The zero-order valence-corrected chi connectivity index (χ0v) is 11.4. The quantitative estimate of drug-likeness (QED) is 0.862. The topological polar surface area (TPSA) is 42.2 Å². The minimum Gasteiger partial charge on any atom is -0.371 e. The maximum Gasteiger partial charge on any atom is 0.0421 e. The number of aromatic nitrogens is 1. The molecule has 0 atom stereocenters. The first-order valence-electron chi connectivity index (χ1n) is 6.77. The van der Waals surface area contributed by atoms with Gasteiger partial charge in [0.05, 0.1) is 0 Å². The van der Waals surface area contributed by atoms with E-state index >= 15 is 0 Å². The van der Waals surface area contributed by atoms with Crippen molar-refractivity contribution in [3.63, 3.8) is 0 Å². The van der Waals surface area contributed by atoms with Gasteiger partial charge in [-0.2, -0.15) is 0 Å². The molecule has 2 aromatic rings. The van der Waals surface area contributed by atoms with Crippen LogP contribution >= 0.6 is 0 Å². The van der Waals surface area contributed by atoms with Crippen molar-refractivity contribution >= 4 is 5.69 Å². The highest BCUT2D eigenvalue weighted by Crippen LogP contribution is 2.15. The molecule has 0 saturated carbocycles. The van der Waals surface area contributed by atoms with Crippen molar-refractivity contribution in [2.75, 3.05) is 18.0 Å². The number of likely N-dealkylation sites (N-methyl/N-ethyl adjacent to an activating group) is 1. The molecule has 3 heteroatoms. The number of nitrogens with two attached hydrogens (primary N) is 1. The molecule has 0 unspecified atom stereocenters. The molecular weight excluding hydrogens is 234 g/mol. The lowest BCUT2D eigenvalue weighted by molar-refractivity contribution is 0.794. The molecule has 2 N–H and O–H groups in total. The number of pyridine rings is 1. The second-order valence-corrected chi connectivity index (χ2v) is 4.52. The summed E-state index contributed by atoms with van der Waals surface area (Å²) in [6.45, 7) is 4.75. The number of benzene rings is 1. The van der Waals surface area contributed by atoms with Crippen LogP contribution in [0, 0.1) is 0 Å². The van der Waals surface area contributed by atoms with E-state index in [1.807, 2.05) is 18.3 Å². The molecule has 0 aliphatic carbocycles. The van der Waals surface area contributed by atoms with Gasteiger partial charge in [0.2, 0.25) is 0 Å². The van der Waals surface area contributed by atoms with Crippen molar-refractivity contribution in [2.24, 2.45) is 5.73 Å². The standard InChI is InChI=1S/C16H21N3/c1-2-19(12-10-15-5-3-4-11-18-15)16-8-6-14(13-17)7-9-16/h3-9,11H,2,10,12-13,17H2,1H3. The molecular formula is C16H21N3. The molecule has 0 amide bonds. The number of rotatable bonds is 6. The van der Waals surface area contributed by atoms with Gasteiger partial charge in [-0.3, -0.25) is 4.98 Å². The molecule has 100 valence electrons. The first-order chi connectivity index (χ1) is 9.33. The Kier molecular flexibility index (Phi) is 4.93. The lowest BCUT2D eigenvalue weighted by Gasteiger charge is -2.23. The predicted octanol–water partition coefficient (Wildman–Crippen LogP) is 2.61. The molecule has 0 aliphatic heterocycles. The maximum absolute atomic E-state index is 5.62. The SMILES string of the molecule is CCN(CCc1ccccn1)c1ccc(CN)cc1. The first kappa shape index (κ1) is 13.6. The highest BCUT2D eigenvalue weighted by Gasteiger charge is 2.04. The minimum absolute atomic E-state index is 0.598.